The number of thiophene rings is 1. The van der Waals surface area contributed by atoms with Crippen molar-refractivity contribution in [1.82, 2.24) is 0 Å². The molecule has 0 spiro atoms. The fourth-order valence-electron chi connectivity index (χ4n) is 2.50. The van der Waals surface area contributed by atoms with Gasteiger partial charge >= 0.3 is 8.03 Å². The first kappa shape index (κ1) is 18.3. The van der Waals surface area contributed by atoms with Gasteiger partial charge in [-0.05, 0) is 51.4 Å². The molecule has 26 heavy (non-hydrogen) atoms. The van der Waals surface area contributed by atoms with E-state index in [2.05, 4.69) is 5.32 Å². The molecule has 3 rings (SSSR count). The summed E-state index contributed by atoms with van der Waals surface area (Å²) < 4.78 is 10.8. The summed E-state index contributed by atoms with van der Waals surface area (Å²) in [6.45, 7) is 0. The summed E-state index contributed by atoms with van der Waals surface area (Å²) in [5.74, 6) is -0.250. The monoisotopic (exact) mass is 385 g/mol. The molecular weight excluding hydrogens is 367 g/mol. The molecule has 0 saturated carbocycles. The highest BCUT2D eigenvalue weighted by molar-refractivity contribution is 7.37. The topological polar surface area (TPSA) is 92.4 Å². The van der Waals surface area contributed by atoms with Gasteiger partial charge in [0.25, 0.3) is 5.91 Å². The Morgan fingerprint density at radius 2 is 1.92 bits per heavy atom. The molecule has 1 unspecified atom stereocenters. The molecule has 0 aliphatic carbocycles. The number of aryl methyl sites for hydroxylation is 1. The molecule has 0 radical (unpaired) electrons. The number of nitrogens with two attached hydrogens (primary N) is 1. The van der Waals surface area contributed by atoms with Crippen molar-refractivity contribution < 1.29 is 14.3 Å². The van der Waals surface area contributed by atoms with Crippen LogP contribution in [0.3, 0.4) is 0 Å². The largest absolute Gasteiger partial charge is 0.505 e. The molecule has 3 aromatic rings. The van der Waals surface area contributed by atoms with Gasteiger partial charge in [0.15, 0.2) is 6.16 Å². The molecule has 2 aromatic carbocycles. The Morgan fingerprint density at radius 1 is 1.15 bits per heavy atom. The van der Waals surface area contributed by atoms with E-state index < -0.39 is 8.03 Å². The van der Waals surface area contributed by atoms with Crippen LogP contribution >= 0.6 is 19.4 Å². The minimum absolute atomic E-state index is 0.215. The number of rotatable bonds is 6. The average molecular weight is 385 g/mol. The third-order valence-corrected chi connectivity index (χ3v) is 5.44. The first-order chi connectivity index (χ1) is 12.5. The Balaban J connectivity index is 1.73. The van der Waals surface area contributed by atoms with Crippen molar-refractivity contribution in [3.8, 4) is 10.4 Å². The van der Waals surface area contributed by atoms with E-state index in [9.17, 15) is 9.36 Å². The van der Waals surface area contributed by atoms with Gasteiger partial charge in [-0.1, -0.05) is 24.3 Å². The SMILES string of the molecule is Nc1ccc(-c2cccs2)cc1NC(=O)c1ccc(CC[P+](=O)O)cc1. The predicted molar refractivity (Wildman–Crippen MR) is 107 cm³/mol. The van der Waals surface area contributed by atoms with Crippen LogP contribution < -0.4 is 11.1 Å². The second-order valence-electron chi connectivity index (χ2n) is 5.76. The smallest absolute Gasteiger partial charge is 0.397 e. The molecule has 0 aliphatic heterocycles. The van der Waals surface area contributed by atoms with Gasteiger partial charge in [0, 0.05) is 16.9 Å². The Kier molecular flexibility index (Phi) is 5.78. The van der Waals surface area contributed by atoms with E-state index in [0.29, 0.717) is 23.4 Å². The standard InChI is InChI=1S/C19H17N2O3PS/c20-16-8-7-15(18-2-1-11-26-18)12-17(16)21-19(22)14-5-3-13(4-6-14)9-10-25(23)24/h1-8,11-12H,9-10,20H2,(H-,21,22,23,24)/p+1. The minimum Gasteiger partial charge on any atom is -0.397 e. The normalized spacial score (nSPS) is 11.2. The summed E-state index contributed by atoms with van der Waals surface area (Å²) in [6, 6.07) is 16.6. The van der Waals surface area contributed by atoms with Gasteiger partial charge in [0.2, 0.25) is 0 Å². The van der Waals surface area contributed by atoms with E-state index in [-0.39, 0.29) is 12.1 Å². The highest BCUT2D eigenvalue weighted by Crippen LogP contribution is 2.30. The molecule has 4 N–H and O–H groups in total. The molecule has 0 saturated heterocycles. The Morgan fingerprint density at radius 3 is 2.58 bits per heavy atom. The van der Waals surface area contributed by atoms with Gasteiger partial charge in [-0.25, -0.2) is 0 Å². The fraction of sp³-hybridized carbons (Fsp3) is 0.105. The van der Waals surface area contributed by atoms with Gasteiger partial charge in [-0.2, -0.15) is 4.89 Å². The zero-order valence-electron chi connectivity index (χ0n) is 13.9. The van der Waals surface area contributed by atoms with Crippen LogP contribution in [0.25, 0.3) is 10.4 Å². The maximum absolute atomic E-state index is 12.5. The molecule has 1 amide bonds. The van der Waals surface area contributed by atoms with Gasteiger partial charge in [-0.15, -0.1) is 11.3 Å². The van der Waals surface area contributed by atoms with E-state index in [4.69, 9.17) is 10.6 Å². The fourth-order valence-corrected chi connectivity index (χ4v) is 3.68. The van der Waals surface area contributed by atoms with Crippen molar-refractivity contribution in [2.75, 3.05) is 17.2 Å². The van der Waals surface area contributed by atoms with Crippen LogP contribution in [0.1, 0.15) is 15.9 Å². The molecule has 5 nitrogen and oxygen atoms in total. The van der Waals surface area contributed by atoms with Crippen LogP contribution in [0, 0.1) is 0 Å². The number of nitrogens with one attached hydrogen (secondary N) is 1. The summed E-state index contributed by atoms with van der Waals surface area (Å²) in [6.07, 6.45) is 0.719. The number of anilines is 2. The summed E-state index contributed by atoms with van der Waals surface area (Å²) in [4.78, 5) is 22.5. The van der Waals surface area contributed by atoms with Crippen LogP contribution in [-0.2, 0) is 11.0 Å². The molecule has 1 aromatic heterocycles. The summed E-state index contributed by atoms with van der Waals surface area (Å²) in [5, 5.41) is 4.85. The van der Waals surface area contributed by atoms with Gasteiger partial charge in [0.1, 0.15) is 0 Å². The Hall–Kier alpha value is -2.53. The van der Waals surface area contributed by atoms with E-state index in [1.165, 1.54) is 0 Å². The lowest BCUT2D eigenvalue weighted by Gasteiger charge is -2.10. The lowest BCUT2D eigenvalue weighted by Crippen LogP contribution is -2.13. The number of nitrogen functional groups attached to an aromatic ring is 1. The molecular formula is C19H18N2O3PS+. The van der Waals surface area contributed by atoms with Crippen molar-refractivity contribution in [2.24, 2.45) is 0 Å². The van der Waals surface area contributed by atoms with Gasteiger partial charge < -0.3 is 11.1 Å². The van der Waals surface area contributed by atoms with Crippen molar-refractivity contribution in [3.63, 3.8) is 0 Å². The zero-order valence-corrected chi connectivity index (χ0v) is 15.6. The quantitative estimate of drug-likeness (QED) is 0.429. The number of amides is 1. The van der Waals surface area contributed by atoms with Crippen LogP contribution in [0.4, 0.5) is 11.4 Å². The Labute approximate surface area is 156 Å². The summed E-state index contributed by atoms with van der Waals surface area (Å²) >= 11 is 1.62. The van der Waals surface area contributed by atoms with Crippen molar-refractivity contribution in [2.45, 2.75) is 6.42 Å². The first-order valence-electron chi connectivity index (χ1n) is 8.00. The zero-order chi connectivity index (χ0) is 18.5. The lowest BCUT2D eigenvalue weighted by atomic mass is 10.1. The molecule has 1 heterocycles. The second-order valence-corrected chi connectivity index (χ2v) is 7.86. The molecule has 132 valence electrons. The van der Waals surface area contributed by atoms with Crippen LogP contribution in [-0.4, -0.2) is 17.0 Å². The maximum atomic E-state index is 12.5. The third kappa shape index (κ3) is 4.55. The van der Waals surface area contributed by atoms with Crippen LogP contribution in [0.5, 0.6) is 0 Å². The number of carbonyl (C=O) groups excluding carboxylic acids is 1. The minimum atomic E-state index is -2.14. The average Bonchev–Trinajstić information content (AvgIpc) is 3.17. The molecule has 0 fully saturated rings. The number of hydrogen-bond acceptors (Lipinski definition) is 4. The lowest BCUT2D eigenvalue weighted by molar-refractivity contribution is 0.102. The van der Waals surface area contributed by atoms with E-state index in [1.807, 2.05) is 29.6 Å². The van der Waals surface area contributed by atoms with Crippen LogP contribution in [0.2, 0.25) is 0 Å². The molecule has 0 bridgehead atoms. The van der Waals surface area contributed by atoms with Crippen LogP contribution in [0.15, 0.2) is 60.0 Å². The highest BCUT2D eigenvalue weighted by Gasteiger charge is 2.12. The second kappa shape index (κ2) is 8.23. The maximum Gasteiger partial charge on any atom is 0.505 e. The van der Waals surface area contributed by atoms with E-state index in [0.717, 1.165) is 16.0 Å². The summed E-state index contributed by atoms with van der Waals surface area (Å²) in [7, 11) is -2.14. The van der Waals surface area contributed by atoms with Crippen molar-refractivity contribution >= 4 is 36.6 Å². The summed E-state index contributed by atoms with van der Waals surface area (Å²) in [5.41, 5.74) is 9.49. The Bertz CT molecular complexity index is 924. The highest BCUT2D eigenvalue weighted by atomic mass is 32.1. The molecule has 1 atom stereocenters. The number of carbonyl (C=O) groups is 1. The van der Waals surface area contributed by atoms with Gasteiger partial charge in [0.05, 0.1) is 11.4 Å². The molecule has 7 heteroatoms. The van der Waals surface area contributed by atoms with Crippen molar-refractivity contribution in [3.05, 3.63) is 71.1 Å². The van der Waals surface area contributed by atoms with Gasteiger partial charge in [-0.3, -0.25) is 4.79 Å². The third-order valence-electron chi connectivity index (χ3n) is 3.92. The number of benzene rings is 2. The van der Waals surface area contributed by atoms with E-state index >= 15 is 0 Å². The predicted octanol–water partition coefficient (Wildman–Crippen LogP) is 4.53. The number of hydrogen-bond donors (Lipinski definition) is 3. The first-order valence-corrected chi connectivity index (χ1v) is 10.3. The van der Waals surface area contributed by atoms with Crippen molar-refractivity contribution in [1.29, 1.82) is 0 Å². The molecule has 0 aliphatic rings. The van der Waals surface area contributed by atoms with E-state index in [1.54, 1.807) is 41.7 Å².